The summed E-state index contributed by atoms with van der Waals surface area (Å²) in [4.78, 5) is 72.5. The standard InChI is InChI=1S/C50H54N8O6/c1-29(2)43(55-49(61)63-3)47(59)57-21-7-11-41(57)46-52-28-40(54-46)37-20-19-35-23-34(17-18-36(35)24-37)30-13-15-31(16-14-30)39-27-51-45(53-39)42-12-8-22-58(42)48(60)44(56-50(62)64-4)38-25-32-9-5-6-10-33(32)26-38/h5-6,9-10,13-20,23-24,27-29,38,41-44H,7-8,11-12,21-22,25-26H2,1-4H3,(H,51,53)(H,52,54)(H,55,61)(H,56,62)/t41-,42?,43-,44-/m0/s1. The number of rotatable bonds is 11. The van der Waals surface area contributed by atoms with Crippen molar-refractivity contribution < 1.29 is 28.7 Å². The number of carbonyl (C=O) groups excluding carboxylic acids is 4. The SMILES string of the molecule is COC(=O)N[C@H](C(=O)N1CCC[C@H]1c1ncc(-c2ccc3cc(-c4ccc(-c5cnc(C6CCCN6C(=O)[C@@H](NC(=O)OC)C6Cc7ccccc7C6)[nH]5)cc4)ccc3c2)[nH]1)C(C)C. The normalized spacial score (nSPS) is 18.3. The van der Waals surface area contributed by atoms with E-state index in [1.165, 1.54) is 25.3 Å². The van der Waals surface area contributed by atoms with Gasteiger partial charge in [-0.15, -0.1) is 0 Å². The van der Waals surface area contributed by atoms with E-state index in [1.54, 1.807) is 0 Å². The fourth-order valence-corrected chi connectivity index (χ4v) is 9.82. The summed E-state index contributed by atoms with van der Waals surface area (Å²) < 4.78 is 9.73. The van der Waals surface area contributed by atoms with E-state index in [2.05, 4.69) is 93.4 Å². The van der Waals surface area contributed by atoms with Crippen LogP contribution in [0, 0.1) is 11.8 Å². The summed E-state index contributed by atoms with van der Waals surface area (Å²) in [6.45, 7) is 5.00. The van der Waals surface area contributed by atoms with E-state index >= 15 is 0 Å². The number of imidazole rings is 2. The third-order valence-electron chi connectivity index (χ3n) is 13.2. The first kappa shape index (κ1) is 42.3. The summed E-state index contributed by atoms with van der Waals surface area (Å²) in [6.07, 6.45) is 7.11. The van der Waals surface area contributed by atoms with Gasteiger partial charge in [0.05, 0.1) is 50.1 Å². The highest BCUT2D eigenvalue weighted by Crippen LogP contribution is 2.37. The van der Waals surface area contributed by atoms with Crippen molar-refractivity contribution in [2.24, 2.45) is 11.8 Å². The Morgan fingerprint density at radius 3 is 1.72 bits per heavy atom. The van der Waals surface area contributed by atoms with Gasteiger partial charge in [-0.1, -0.05) is 86.6 Å². The Morgan fingerprint density at radius 1 is 0.641 bits per heavy atom. The second kappa shape index (κ2) is 18.0. The molecule has 2 fully saturated rings. The van der Waals surface area contributed by atoms with E-state index in [9.17, 15) is 19.2 Å². The lowest BCUT2D eigenvalue weighted by atomic mass is 9.95. The largest absolute Gasteiger partial charge is 0.453 e. The van der Waals surface area contributed by atoms with Crippen molar-refractivity contribution in [1.29, 1.82) is 0 Å². The third kappa shape index (κ3) is 8.44. The van der Waals surface area contributed by atoms with E-state index in [0.29, 0.717) is 13.1 Å². The van der Waals surface area contributed by atoms with Crippen molar-refractivity contribution in [3.63, 3.8) is 0 Å². The predicted octanol–water partition coefficient (Wildman–Crippen LogP) is 8.13. The van der Waals surface area contributed by atoms with Gasteiger partial charge in [-0.2, -0.15) is 0 Å². The number of aromatic nitrogens is 4. The maximum absolute atomic E-state index is 14.3. The van der Waals surface area contributed by atoms with E-state index in [0.717, 1.165) is 94.6 Å². The summed E-state index contributed by atoms with van der Waals surface area (Å²) in [7, 11) is 2.62. The molecule has 4 aromatic carbocycles. The monoisotopic (exact) mass is 862 g/mol. The number of hydrogen-bond acceptors (Lipinski definition) is 8. The number of hydrogen-bond donors (Lipinski definition) is 4. The molecule has 14 heteroatoms. The topological polar surface area (TPSA) is 175 Å². The first-order chi connectivity index (χ1) is 31.1. The lowest BCUT2D eigenvalue weighted by Crippen LogP contribution is -2.52. The van der Waals surface area contributed by atoms with Gasteiger partial charge in [0, 0.05) is 18.7 Å². The molecule has 0 saturated carbocycles. The van der Waals surface area contributed by atoms with Gasteiger partial charge in [0.1, 0.15) is 23.7 Å². The van der Waals surface area contributed by atoms with Crippen molar-refractivity contribution in [3.8, 4) is 33.6 Å². The highest BCUT2D eigenvalue weighted by atomic mass is 16.5. The molecule has 3 aliphatic rings. The second-order valence-corrected chi connectivity index (χ2v) is 17.5. The molecule has 64 heavy (non-hydrogen) atoms. The number of benzene rings is 4. The predicted molar refractivity (Wildman–Crippen MR) is 243 cm³/mol. The minimum atomic E-state index is -0.708. The molecule has 4 amide bonds. The number of methoxy groups -OCH3 is 2. The van der Waals surface area contributed by atoms with Gasteiger partial charge in [0.25, 0.3) is 0 Å². The number of amides is 4. The van der Waals surface area contributed by atoms with Gasteiger partial charge in [0.15, 0.2) is 0 Å². The summed E-state index contributed by atoms with van der Waals surface area (Å²) in [5, 5.41) is 7.78. The van der Waals surface area contributed by atoms with E-state index in [1.807, 2.05) is 48.2 Å². The molecule has 0 bridgehead atoms. The molecule has 4 heterocycles. The summed E-state index contributed by atoms with van der Waals surface area (Å²) in [6, 6.07) is 27.5. The van der Waals surface area contributed by atoms with Gasteiger partial charge in [-0.25, -0.2) is 19.6 Å². The van der Waals surface area contributed by atoms with Crippen LogP contribution in [0.3, 0.4) is 0 Å². The van der Waals surface area contributed by atoms with Crippen molar-refractivity contribution in [2.75, 3.05) is 27.3 Å². The molecule has 0 radical (unpaired) electrons. The van der Waals surface area contributed by atoms with Gasteiger partial charge in [-0.3, -0.25) is 9.59 Å². The first-order valence-corrected chi connectivity index (χ1v) is 22.2. The van der Waals surface area contributed by atoms with Gasteiger partial charge in [0.2, 0.25) is 11.8 Å². The summed E-state index contributed by atoms with van der Waals surface area (Å²) >= 11 is 0. The molecule has 2 aliphatic heterocycles. The third-order valence-corrected chi connectivity index (χ3v) is 13.2. The first-order valence-electron chi connectivity index (χ1n) is 22.2. The van der Waals surface area contributed by atoms with Crippen LogP contribution in [-0.2, 0) is 31.9 Å². The fraction of sp³-hybridized carbons (Fsp3) is 0.360. The maximum Gasteiger partial charge on any atom is 0.407 e. The number of fused-ring (bicyclic) bond motifs is 2. The molecule has 1 unspecified atom stereocenters. The van der Waals surface area contributed by atoms with Crippen molar-refractivity contribution in [1.82, 2.24) is 40.4 Å². The molecule has 0 spiro atoms. The van der Waals surface area contributed by atoms with E-state index in [4.69, 9.17) is 19.4 Å². The Kier molecular flexibility index (Phi) is 11.9. The number of nitrogens with one attached hydrogen (secondary N) is 4. The Bertz CT molecular complexity index is 2660. The average molecular weight is 863 g/mol. The van der Waals surface area contributed by atoms with Crippen molar-refractivity contribution in [3.05, 3.63) is 120 Å². The zero-order chi connectivity index (χ0) is 44.5. The van der Waals surface area contributed by atoms with Crippen LogP contribution in [0.5, 0.6) is 0 Å². The number of aromatic amines is 2. The number of carbonyl (C=O) groups is 4. The zero-order valence-corrected chi connectivity index (χ0v) is 36.6. The van der Waals surface area contributed by atoms with Gasteiger partial charge >= 0.3 is 12.2 Å². The number of likely N-dealkylation sites (tertiary alicyclic amines) is 2. The number of alkyl carbamates (subject to hydrolysis) is 2. The summed E-state index contributed by atoms with van der Waals surface area (Å²) in [5.41, 5.74) is 8.31. The molecule has 4 N–H and O–H groups in total. The maximum atomic E-state index is 14.3. The highest BCUT2D eigenvalue weighted by Gasteiger charge is 2.42. The molecule has 330 valence electrons. The van der Waals surface area contributed by atoms with Crippen LogP contribution in [0.2, 0.25) is 0 Å². The smallest absolute Gasteiger partial charge is 0.407 e. The molecule has 1 aliphatic carbocycles. The molecule has 2 saturated heterocycles. The number of nitrogens with zero attached hydrogens (tertiary/aromatic N) is 4. The van der Waals surface area contributed by atoms with E-state index < -0.39 is 24.3 Å². The molecular formula is C50H54N8O6. The van der Waals surface area contributed by atoms with E-state index in [-0.39, 0.29) is 35.7 Å². The Hall–Kier alpha value is -6.96. The number of H-pyrrole nitrogens is 2. The minimum absolute atomic E-state index is 0.0647. The Morgan fingerprint density at radius 2 is 1.14 bits per heavy atom. The van der Waals surface area contributed by atoms with Gasteiger partial charge < -0.3 is 39.9 Å². The molecule has 9 rings (SSSR count). The molecular weight excluding hydrogens is 809 g/mol. The molecule has 14 nitrogen and oxygen atoms in total. The quantitative estimate of drug-likeness (QED) is 0.101. The Balaban J connectivity index is 0.865. The lowest BCUT2D eigenvalue weighted by Gasteiger charge is -2.31. The Labute approximate surface area is 372 Å². The van der Waals surface area contributed by atoms with Gasteiger partial charge in [-0.05, 0) is 101 Å². The fourth-order valence-electron chi connectivity index (χ4n) is 9.82. The van der Waals surface area contributed by atoms with Crippen LogP contribution < -0.4 is 10.6 Å². The van der Waals surface area contributed by atoms with Crippen LogP contribution >= 0.6 is 0 Å². The van der Waals surface area contributed by atoms with Crippen LogP contribution in [0.1, 0.15) is 74.4 Å². The number of ether oxygens (including phenoxy) is 2. The molecule has 2 aromatic heterocycles. The zero-order valence-electron chi connectivity index (χ0n) is 36.6. The minimum Gasteiger partial charge on any atom is -0.453 e. The highest BCUT2D eigenvalue weighted by molar-refractivity contribution is 5.91. The van der Waals surface area contributed by atoms with Crippen molar-refractivity contribution >= 4 is 34.8 Å². The summed E-state index contributed by atoms with van der Waals surface area (Å²) in [5.74, 6) is 1.04. The molecule has 6 aromatic rings. The average Bonchev–Trinajstić information content (AvgIpc) is 4.18. The van der Waals surface area contributed by atoms with Crippen LogP contribution in [-0.4, -0.2) is 93.1 Å². The lowest BCUT2D eigenvalue weighted by molar-refractivity contribution is -0.136. The van der Waals surface area contributed by atoms with Crippen LogP contribution in [0.15, 0.2) is 97.3 Å². The van der Waals surface area contributed by atoms with Crippen LogP contribution in [0.4, 0.5) is 9.59 Å². The van der Waals surface area contributed by atoms with Crippen LogP contribution in [0.25, 0.3) is 44.4 Å². The van der Waals surface area contributed by atoms with Crippen molar-refractivity contribution in [2.45, 2.75) is 76.5 Å². The molecule has 4 atom stereocenters. The second-order valence-electron chi connectivity index (χ2n) is 17.5.